The Morgan fingerprint density at radius 1 is 1.19 bits per heavy atom. The van der Waals surface area contributed by atoms with Crippen molar-refractivity contribution in [1.82, 2.24) is 9.97 Å². The van der Waals surface area contributed by atoms with Gasteiger partial charge in [0.25, 0.3) is 5.91 Å². The quantitative estimate of drug-likeness (QED) is 0.640. The Kier molecular flexibility index (Phi) is 3.07. The highest BCUT2D eigenvalue weighted by Gasteiger charge is 2.11. The molecule has 4 N–H and O–H groups in total. The van der Waals surface area contributed by atoms with Gasteiger partial charge in [0, 0.05) is 5.39 Å². The number of aromatic hydroxyl groups is 1. The Hall–Kier alpha value is -3.22. The van der Waals surface area contributed by atoms with Gasteiger partial charge in [-0.15, -0.1) is 10.2 Å². The molecule has 0 aliphatic heterocycles. The maximum absolute atomic E-state index is 11.2. The molecule has 1 amide bonds. The number of nitrogens with two attached hydrogens (primary N) is 1. The van der Waals surface area contributed by atoms with Crippen LogP contribution in [0.5, 0.6) is 5.75 Å². The van der Waals surface area contributed by atoms with Gasteiger partial charge in [-0.3, -0.25) is 4.79 Å². The number of azo groups is 1. The number of nitrogens with zero attached hydrogens (tertiary/aromatic N) is 3. The molecule has 3 aromatic rings. The smallest absolute Gasteiger partial charge is 0.269 e. The summed E-state index contributed by atoms with van der Waals surface area (Å²) in [7, 11) is 0. The molecular formula is C14H11N5O2. The van der Waals surface area contributed by atoms with Gasteiger partial charge in [-0.1, -0.05) is 30.3 Å². The molecule has 0 bridgehead atoms. The highest BCUT2D eigenvalue weighted by molar-refractivity contribution is 5.96. The van der Waals surface area contributed by atoms with Crippen molar-refractivity contribution in [2.75, 3.05) is 0 Å². The molecule has 2 aromatic carbocycles. The highest BCUT2D eigenvalue weighted by atomic mass is 16.3. The van der Waals surface area contributed by atoms with Crippen molar-refractivity contribution in [3.63, 3.8) is 0 Å². The molecule has 0 atom stereocenters. The summed E-state index contributed by atoms with van der Waals surface area (Å²) in [4.78, 5) is 17.6. The Morgan fingerprint density at radius 2 is 2.00 bits per heavy atom. The first-order chi connectivity index (χ1) is 10.2. The summed E-state index contributed by atoms with van der Waals surface area (Å²) < 4.78 is 0. The number of carbonyl (C=O) groups is 1. The number of phenols is 1. The van der Waals surface area contributed by atoms with E-state index in [1.54, 1.807) is 6.07 Å². The predicted octanol–water partition coefficient (Wildman–Crippen LogP) is 2.78. The Morgan fingerprint density at radius 3 is 2.81 bits per heavy atom. The zero-order valence-corrected chi connectivity index (χ0v) is 10.8. The number of carbonyl (C=O) groups excluding carboxylic acids is 1. The van der Waals surface area contributed by atoms with Crippen molar-refractivity contribution in [3.05, 3.63) is 48.4 Å². The number of primary amides is 1. The average molecular weight is 281 g/mol. The molecule has 0 spiro atoms. The molecule has 0 saturated heterocycles. The Labute approximate surface area is 119 Å². The van der Waals surface area contributed by atoms with Gasteiger partial charge in [-0.25, -0.2) is 4.98 Å². The Balaban J connectivity index is 2.09. The number of H-pyrrole nitrogens is 1. The van der Waals surface area contributed by atoms with Crippen molar-refractivity contribution >= 4 is 28.2 Å². The number of nitrogens with one attached hydrogen (secondary N) is 1. The molecule has 0 aliphatic rings. The van der Waals surface area contributed by atoms with Crippen LogP contribution in [0.1, 0.15) is 10.5 Å². The van der Waals surface area contributed by atoms with Crippen molar-refractivity contribution < 1.29 is 9.90 Å². The second-order valence-electron chi connectivity index (χ2n) is 4.32. The second kappa shape index (κ2) is 5.04. The average Bonchev–Trinajstić information content (AvgIpc) is 2.95. The number of rotatable bonds is 3. The predicted molar refractivity (Wildman–Crippen MR) is 76.9 cm³/mol. The molecule has 21 heavy (non-hydrogen) atoms. The van der Waals surface area contributed by atoms with E-state index in [0.717, 1.165) is 10.8 Å². The lowest BCUT2D eigenvalue weighted by molar-refractivity contribution is 0.0996. The maximum Gasteiger partial charge on any atom is 0.269 e. The minimum absolute atomic E-state index is 0.00592. The van der Waals surface area contributed by atoms with E-state index in [4.69, 9.17) is 5.73 Å². The lowest BCUT2D eigenvalue weighted by atomic mass is 10.1. The number of benzene rings is 2. The third kappa shape index (κ3) is 2.32. The minimum atomic E-state index is -0.677. The molecular weight excluding hydrogens is 270 g/mol. The lowest BCUT2D eigenvalue weighted by Gasteiger charge is -2.03. The number of phenolic OH excluding ortho intramolecular Hbond substituents is 1. The van der Waals surface area contributed by atoms with Crippen LogP contribution in [-0.2, 0) is 0 Å². The molecule has 104 valence electrons. The number of fused-ring (bicyclic) bond motifs is 1. The van der Waals surface area contributed by atoms with Gasteiger partial charge >= 0.3 is 0 Å². The number of hydrogen-bond donors (Lipinski definition) is 3. The van der Waals surface area contributed by atoms with Gasteiger partial charge in [0.2, 0.25) is 5.82 Å². The summed E-state index contributed by atoms with van der Waals surface area (Å²) in [6, 6.07) is 10.8. The second-order valence-corrected chi connectivity index (χ2v) is 4.32. The first-order valence-corrected chi connectivity index (χ1v) is 6.12. The van der Waals surface area contributed by atoms with Gasteiger partial charge in [0.05, 0.1) is 6.33 Å². The molecule has 0 radical (unpaired) electrons. The van der Waals surface area contributed by atoms with Crippen molar-refractivity contribution in [1.29, 1.82) is 0 Å². The van der Waals surface area contributed by atoms with Gasteiger partial charge in [0.1, 0.15) is 11.4 Å². The van der Waals surface area contributed by atoms with E-state index in [1.165, 1.54) is 12.4 Å². The third-order valence-electron chi connectivity index (χ3n) is 2.99. The van der Waals surface area contributed by atoms with E-state index in [2.05, 4.69) is 20.2 Å². The first kappa shape index (κ1) is 12.8. The lowest BCUT2D eigenvalue weighted by Crippen LogP contribution is -2.11. The van der Waals surface area contributed by atoms with Crippen molar-refractivity contribution in [3.8, 4) is 5.75 Å². The highest BCUT2D eigenvalue weighted by Crippen LogP contribution is 2.35. The van der Waals surface area contributed by atoms with Crippen molar-refractivity contribution in [2.45, 2.75) is 0 Å². The zero-order chi connectivity index (χ0) is 14.8. The molecule has 3 rings (SSSR count). The van der Waals surface area contributed by atoms with E-state index in [-0.39, 0.29) is 17.3 Å². The van der Waals surface area contributed by atoms with Crippen LogP contribution in [0.4, 0.5) is 11.5 Å². The molecule has 0 fully saturated rings. The third-order valence-corrected chi connectivity index (χ3v) is 2.99. The molecule has 7 nitrogen and oxygen atoms in total. The van der Waals surface area contributed by atoms with E-state index in [1.807, 2.05) is 24.3 Å². The monoisotopic (exact) mass is 281 g/mol. The summed E-state index contributed by atoms with van der Waals surface area (Å²) in [5, 5.41) is 19.5. The van der Waals surface area contributed by atoms with Crippen LogP contribution in [0, 0.1) is 0 Å². The van der Waals surface area contributed by atoms with Crippen LogP contribution < -0.4 is 5.73 Å². The molecule has 7 heteroatoms. The van der Waals surface area contributed by atoms with Gasteiger partial charge < -0.3 is 15.8 Å². The van der Waals surface area contributed by atoms with E-state index in [0.29, 0.717) is 5.69 Å². The van der Waals surface area contributed by atoms with Crippen LogP contribution >= 0.6 is 0 Å². The van der Waals surface area contributed by atoms with Crippen LogP contribution in [-0.4, -0.2) is 21.0 Å². The summed E-state index contributed by atoms with van der Waals surface area (Å²) in [5.74, 6) is -0.605. The zero-order valence-electron chi connectivity index (χ0n) is 10.8. The SMILES string of the molecule is NC(=O)c1[nH]cnc1N=Nc1c(O)ccc2ccccc12. The van der Waals surface area contributed by atoms with E-state index in [9.17, 15) is 9.90 Å². The standard InChI is InChI=1S/C14H11N5O2/c15-13(21)12-14(17-7-16-12)19-18-11-9-4-2-1-3-8(9)5-6-10(11)20/h1-7,20H,(H2,15,21)(H,16,17). The van der Waals surface area contributed by atoms with Crippen molar-refractivity contribution in [2.24, 2.45) is 16.0 Å². The van der Waals surface area contributed by atoms with Crippen LogP contribution in [0.25, 0.3) is 10.8 Å². The summed E-state index contributed by atoms with van der Waals surface area (Å²) in [6.07, 6.45) is 1.30. The van der Waals surface area contributed by atoms with Gasteiger partial charge in [-0.2, -0.15) is 0 Å². The molecule has 1 heterocycles. The van der Waals surface area contributed by atoms with E-state index < -0.39 is 5.91 Å². The number of imidazole rings is 1. The normalized spacial score (nSPS) is 11.2. The largest absolute Gasteiger partial charge is 0.506 e. The first-order valence-electron chi connectivity index (χ1n) is 6.12. The number of hydrogen-bond acceptors (Lipinski definition) is 5. The minimum Gasteiger partial charge on any atom is -0.506 e. The molecule has 0 aliphatic carbocycles. The van der Waals surface area contributed by atoms with E-state index >= 15 is 0 Å². The summed E-state index contributed by atoms with van der Waals surface area (Å²) in [6.45, 7) is 0. The fourth-order valence-electron chi connectivity index (χ4n) is 1.99. The molecule has 1 aromatic heterocycles. The number of aromatic nitrogens is 2. The topological polar surface area (TPSA) is 117 Å². The van der Waals surface area contributed by atoms with Gasteiger partial charge in [0.15, 0.2) is 5.69 Å². The van der Waals surface area contributed by atoms with Crippen LogP contribution in [0.2, 0.25) is 0 Å². The Bertz CT molecular complexity index is 853. The summed E-state index contributed by atoms with van der Waals surface area (Å²) >= 11 is 0. The fraction of sp³-hybridized carbons (Fsp3) is 0. The number of aromatic amines is 1. The van der Waals surface area contributed by atoms with Gasteiger partial charge in [-0.05, 0) is 11.5 Å². The van der Waals surface area contributed by atoms with Crippen LogP contribution in [0.3, 0.4) is 0 Å². The number of amides is 1. The molecule has 0 saturated carbocycles. The maximum atomic E-state index is 11.2. The summed E-state index contributed by atoms with van der Waals surface area (Å²) in [5.41, 5.74) is 5.57. The molecule has 0 unspecified atom stereocenters. The fourth-order valence-corrected chi connectivity index (χ4v) is 1.99. The van der Waals surface area contributed by atoms with Crippen LogP contribution in [0.15, 0.2) is 53.0 Å².